The number of aryl methyl sites for hydroxylation is 1. The zero-order valence-electron chi connectivity index (χ0n) is 17.1. The molecule has 5 nitrogen and oxygen atoms in total. The number of piperidine rings is 1. The van der Waals surface area contributed by atoms with Gasteiger partial charge < -0.3 is 19.3 Å². The fourth-order valence-electron chi connectivity index (χ4n) is 4.44. The van der Waals surface area contributed by atoms with E-state index in [0.29, 0.717) is 6.04 Å². The Hall–Kier alpha value is -1.59. The molecule has 2 aliphatic heterocycles. The lowest BCUT2D eigenvalue weighted by atomic mass is 9.81. The second-order valence-corrected chi connectivity index (χ2v) is 7.88. The van der Waals surface area contributed by atoms with Crippen LogP contribution in [0.15, 0.2) is 24.3 Å². The summed E-state index contributed by atoms with van der Waals surface area (Å²) in [6, 6.07) is 8.43. The van der Waals surface area contributed by atoms with Gasteiger partial charge in [0.2, 0.25) is 0 Å². The summed E-state index contributed by atoms with van der Waals surface area (Å²) >= 11 is 0. The molecule has 2 fully saturated rings. The van der Waals surface area contributed by atoms with Crippen LogP contribution in [0.4, 0.5) is 0 Å². The van der Waals surface area contributed by atoms with Gasteiger partial charge in [0, 0.05) is 25.7 Å². The van der Waals surface area contributed by atoms with Crippen molar-refractivity contribution in [2.45, 2.75) is 58.1 Å². The molecule has 0 radical (unpaired) electrons. The van der Waals surface area contributed by atoms with Crippen LogP contribution in [-0.2, 0) is 9.53 Å². The molecule has 1 aromatic rings. The minimum atomic E-state index is -0.0416. The summed E-state index contributed by atoms with van der Waals surface area (Å²) < 4.78 is 11.9. The summed E-state index contributed by atoms with van der Waals surface area (Å²) in [7, 11) is 0. The maximum Gasteiger partial charge on any atom is 0.260 e. The number of rotatable bonds is 6. The molecule has 27 heavy (non-hydrogen) atoms. The lowest BCUT2D eigenvalue weighted by Gasteiger charge is -2.48. The Bertz CT molecular complexity index is 604. The van der Waals surface area contributed by atoms with Crippen molar-refractivity contribution in [1.82, 2.24) is 9.80 Å². The second-order valence-electron chi connectivity index (χ2n) is 7.88. The highest BCUT2D eigenvalue weighted by atomic mass is 16.5. The molecule has 0 aromatic heterocycles. The molecule has 1 atom stereocenters. The highest BCUT2D eigenvalue weighted by molar-refractivity contribution is 5.77. The van der Waals surface area contributed by atoms with E-state index < -0.39 is 0 Å². The normalized spacial score (nSPS) is 22.2. The van der Waals surface area contributed by atoms with E-state index in [1.807, 2.05) is 36.1 Å². The van der Waals surface area contributed by atoms with Crippen molar-refractivity contribution in [2.24, 2.45) is 0 Å². The maximum atomic E-state index is 12.5. The minimum absolute atomic E-state index is 0.0416. The number of likely N-dealkylation sites (tertiary alicyclic amines) is 1. The van der Waals surface area contributed by atoms with Crippen LogP contribution in [0, 0.1) is 6.92 Å². The first-order valence-corrected chi connectivity index (χ1v) is 10.4. The molecular weight excluding hydrogens is 340 g/mol. The molecule has 3 rings (SSSR count). The molecule has 1 spiro atoms. The second kappa shape index (κ2) is 9.07. The zero-order chi connectivity index (χ0) is 19.3. The highest BCUT2D eigenvalue weighted by Crippen LogP contribution is 2.36. The Morgan fingerprint density at radius 2 is 1.89 bits per heavy atom. The molecule has 0 bridgehead atoms. The highest BCUT2D eigenvalue weighted by Gasteiger charge is 2.42. The predicted molar refractivity (Wildman–Crippen MR) is 107 cm³/mol. The van der Waals surface area contributed by atoms with Gasteiger partial charge in [-0.1, -0.05) is 31.5 Å². The molecular formula is C22H34N2O3. The SMILES string of the molecule is CCN(CC)C1CCOC2(CCN(C(=O)COc3ccc(C)cc3)CC2)C1. The van der Waals surface area contributed by atoms with Crippen molar-refractivity contribution in [3.05, 3.63) is 29.8 Å². The smallest absolute Gasteiger partial charge is 0.260 e. The third-order valence-corrected chi connectivity index (χ3v) is 6.21. The van der Waals surface area contributed by atoms with E-state index in [2.05, 4.69) is 18.7 Å². The van der Waals surface area contributed by atoms with E-state index in [-0.39, 0.29) is 18.1 Å². The van der Waals surface area contributed by atoms with E-state index in [1.165, 1.54) is 5.56 Å². The van der Waals surface area contributed by atoms with Crippen LogP contribution in [0.5, 0.6) is 5.75 Å². The van der Waals surface area contributed by atoms with E-state index in [9.17, 15) is 4.79 Å². The first-order chi connectivity index (χ1) is 13.0. The molecule has 5 heteroatoms. The van der Waals surface area contributed by atoms with Gasteiger partial charge in [-0.2, -0.15) is 0 Å². The molecule has 0 N–H and O–H groups in total. The van der Waals surface area contributed by atoms with Crippen LogP contribution in [0.2, 0.25) is 0 Å². The number of carbonyl (C=O) groups is 1. The van der Waals surface area contributed by atoms with Gasteiger partial charge in [0.15, 0.2) is 6.61 Å². The largest absolute Gasteiger partial charge is 0.484 e. The van der Waals surface area contributed by atoms with Gasteiger partial charge in [-0.25, -0.2) is 0 Å². The summed E-state index contributed by atoms with van der Waals surface area (Å²) in [6.07, 6.45) is 4.08. The Labute approximate surface area is 163 Å². The van der Waals surface area contributed by atoms with Gasteiger partial charge >= 0.3 is 0 Å². The summed E-state index contributed by atoms with van der Waals surface area (Å²) in [5, 5.41) is 0. The first kappa shape index (κ1) is 20.2. The Morgan fingerprint density at radius 1 is 1.22 bits per heavy atom. The summed E-state index contributed by atoms with van der Waals surface area (Å²) in [6.45, 7) is 11.2. The monoisotopic (exact) mass is 374 g/mol. The number of hydrogen-bond donors (Lipinski definition) is 0. The number of nitrogens with zero attached hydrogens (tertiary/aromatic N) is 2. The number of benzene rings is 1. The molecule has 1 amide bonds. The number of carbonyl (C=O) groups excluding carboxylic acids is 1. The molecule has 2 heterocycles. The van der Waals surface area contributed by atoms with E-state index in [1.54, 1.807) is 0 Å². The maximum absolute atomic E-state index is 12.5. The molecule has 1 unspecified atom stereocenters. The van der Waals surface area contributed by atoms with Crippen LogP contribution in [0.1, 0.15) is 45.1 Å². The molecule has 2 aliphatic rings. The summed E-state index contributed by atoms with van der Waals surface area (Å²) in [5.41, 5.74) is 1.14. The fourth-order valence-corrected chi connectivity index (χ4v) is 4.44. The summed E-state index contributed by atoms with van der Waals surface area (Å²) in [4.78, 5) is 17.0. The van der Waals surface area contributed by atoms with Gasteiger partial charge in [0.25, 0.3) is 5.91 Å². The zero-order valence-corrected chi connectivity index (χ0v) is 17.1. The minimum Gasteiger partial charge on any atom is -0.484 e. The van der Waals surface area contributed by atoms with Gasteiger partial charge in [-0.05, 0) is 57.8 Å². The molecule has 0 aliphatic carbocycles. The van der Waals surface area contributed by atoms with E-state index >= 15 is 0 Å². The van der Waals surface area contributed by atoms with E-state index in [0.717, 1.165) is 64.2 Å². The van der Waals surface area contributed by atoms with Gasteiger partial charge in [0.05, 0.1) is 5.60 Å². The Morgan fingerprint density at radius 3 is 2.52 bits per heavy atom. The van der Waals surface area contributed by atoms with Crippen LogP contribution < -0.4 is 4.74 Å². The quantitative estimate of drug-likeness (QED) is 0.766. The van der Waals surface area contributed by atoms with Crippen LogP contribution >= 0.6 is 0 Å². The van der Waals surface area contributed by atoms with Crippen LogP contribution in [-0.4, -0.2) is 66.7 Å². The van der Waals surface area contributed by atoms with Crippen molar-refractivity contribution in [1.29, 1.82) is 0 Å². The van der Waals surface area contributed by atoms with Crippen molar-refractivity contribution < 1.29 is 14.3 Å². The van der Waals surface area contributed by atoms with Crippen molar-refractivity contribution in [2.75, 3.05) is 39.4 Å². The van der Waals surface area contributed by atoms with Gasteiger partial charge in [-0.3, -0.25) is 4.79 Å². The summed E-state index contributed by atoms with van der Waals surface area (Å²) in [5.74, 6) is 0.821. The van der Waals surface area contributed by atoms with Crippen molar-refractivity contribution >= 4 is 5.91 Å². The average molecular weight is 375 g/mol. The first-order valence-electron chi connectivity index (χ1n) is 10.4. The van der Waals surface area contributed by atoms with Gasteiger partial charge in [0.1, 0.15) is 5.75 Å². The molecule has 0 saturated carbocycles. The number of hydrogen-bond acceptors (Lipinski definition) is 4. The predicted octanol–water partition coefficient (Wildman–Crippen LogP) is 3.26. The number of amides is 1. The molecule has 1 aromatic carbocycles. The lowest BCUT2D eigenvalue weighted by molar-refractivity contribution is -0.150. The van der Waals surface area contributed by atoms with Gasteiger partial charge in [-0.15, -0.1) is 0 Å². The Balaban J connectivity index is 1.49. The topological polar surface area (TPSA) is 42.0 Å². The van der Waals surface area contributed by atoms with Crippen LogP contribution in [0.25, 0.3) is 0 Å². The van der Waals surface area contributed by atoms with Crippen molar-refractivity contribution in [3.8, 4) is 5.75 Å². The van der Waals surface area contributed by atoms with Crippen LogP contribution in [0.3, 0.4) is 0 Å². The third-order valence-electron chi connectivity index (χ3n) is 6.21. The fraction of sp³-hybridized carbons (Fsp3) is 0.682. The lowest BCUT2D eigenvalue weighted by Crippen LogP contribution is -2.55. The third kappa shape index (κ3) is 5.02. The van der Waals surface area contributed by atoms with E-state index in [4.69, 9.17) is 9.47 Å². The van der Waals surface area contributed by atoms with Crippen molar-refractivity contribution in [3.63, 3.8) is 0 Å². The average Bonchev–Trinajstić information content (AvgIpc) is 2.69. The Kier molecular flexibility index (Phi) is 6.77. The number of ether oxygens (including phenoxy) is 2. The molecule has 2 saturated heterocycles. The standard InChI is InChI=1S/C22H34N2O3/c1-4-23(5-2)19-10-15-27-22(16-19)11-13-24(14-12-22)21(25)17-26-20-8-6-18(3)7-9-20/h6-9,19H,4-5,10-17H2,1-3H3. The molecule has 150 valence electrons.